The second-order valence-electron chi connectivity index (χ2n) is 7.00. The molecule has 0 aliphatic carbocycles. The first-order valence-corrected chi connectivity index (χ1v) is 12.9. The van der Waals surface area contributed by atoms with E-state index in [9.17, 15) is 19.5 Å². The van der Waals surface area contributed by atoms with Crippen LogP contribution in [0.3, 0.4) is 0 Å². The molecule has 0 radical (unpaired) electrons. The third-order valence-corrected chi connectivity index (χ3v) is 8.52. The number of hydrogen-bond acceptors (Lipinski definition) is 8. The lowest BCUT2D eigenvalue weighted by molar-refractivity contribution is -0.148. The zero-order chi connectivity index (χ0) is 23.5. The highest BCUT2D eigenvalue weighted by molar-refractivity contribution is 8.01. The predicted molar refractivity (Wildman–Crippen MR) is 129 cm³/mol. The number of hydrogen-bond donors (Lipinski definition) is 3. The summed E-state index contributed by atoms with van der Waals surface area (Å²) in [5.74, 6) is -0.813. The fourth-order valence-corrected chi connectivity index (χ4v) is 6.75. The second kappa shape index (κ2) is 10.2. The van der Waals surface area contributed by atoms with Crippen LogP contribution in [0.5, 0.6) is 0 Å². The molecule has 1 unspecified atom stereocenters. The van der Waals surface area contributed by atoms with Crippen LogP contribution in [0.25, 0.3) is 5.03 Å². The van der Waals surface area contributed by atoms with Gasteiger partial charge in [0.1, 0.15) is 22.1 Å². The molecule has 13 heteroatoms. The number of carboxylic acids is 1. The normalized spacial score (nSPS) is 20.2. The Labute approximate surface area is 206 Å². The van der Waals surface area contributed by atoms with E-state index >= 15 is 0 Å². The molecule has 1 aromatic heterocycles. The second-order valence-corrected chi connectivity index (χ2v) is 10.9. The van der Waals surface area contributed by atoms with Crippen molar-refractivity contribution >= 4 is 69.4 Å². The maximum absolute atomic E-state index is 12.7. The van der Waals surface area contributed by atoms with E-state index < -0.39 is 29.3 Å². The van der Waals surface area contributed by atoms with Crippen molar-refractivity contribution in [3.8, 4) is 0 Å². The van der Waals surface area contributed by atoms with E-state index in [-0.39, 0.29) is 5.70 Å². The summed E-state index contributed by atoms with van der Waals surface area (Å²) in [6.07, 6.45) is 1.34. The van der Waals surface area contributed by atoms with Crippen LogP contribution in [0.15, 0.2) is 52.1 Å². The van der Waals surface area contributed by atoms with Crippen LogP contribution in [-0.2, 0) is 9.59 Å². The van der Waals surface area contributed by atoms with Crippen molar-refractivity contribution in [1.82, 2.24) is 25.7 Å². The van der Waals surface area contributed by atoms with E-state index in [1.54, 1.807) is 12.1 Å². The van der Waals surface area contributed by atoms with E-state index in [0.29, 0.717) is 22.1 Å². The van der Waals surface area contributed by atoms with E-state index in [2.05, 4.69) is 20.8 Å². The largest absolute Gasteiger partial charge is 0.477 e. The zero-order valence-corrected chi connectivity index (χ0v) is 20.4. The lowest BCUT2D eigenvalue weighted by Crippen LogP contribution is -2.71. The maximum Gasteiger partial charge on any atom is 0.352 e. The monoisotopic (exact) mass is 523 g/mol. The molecule has 1 saturated heterocycles. The average molecular weight is 524 g/mol. The molecule has 172 valence electrons. The van der Waals surface area contributed by atoms with Crippen LogP contribution < -0.4 is 10.6 Å². The number of carbonyl (C=O) groups excluding carboxylic acids is 2. The molecule has 0 bridgehead atoms. The molecule has 3 amide bonds. The highest BCUT2D eigenvalue weighted by atomic mass is 35.5. The Morgan fingerprint density at radius 3 is 2.76 bits per heavy atom. The number of carbonyl (C=O) groups is 3. The molecular weight excluding hydrogens is 506 g/mol. The number of aryl methyl sites for hydroxylation is 1. The first kappa shape index (κ1) is 23.6. The lowest BCUT2D eigenvalue weighted by Gasteiger charge is -2.49. The molecule has 0 spiro atoms. The Bertz CT molecular complexity index is 1150. The first-order chi connectivity index (χ1) is 15.8. The van der Waals surface area contributed by atoms with Gasteiger partial charge in [0.2, 0.25) is 0 Å². The van der Waals surface area contributed by atoms with E-state index in [1.807, 2.05) is 25.1 Å². The Kier molecular flexibility index (Phi) is 7.27. The van der Waals surface area contributed by atoms with Crippen LogP contribution >= 0.6 is 46.5 Å². The van der Waals surface area contributed by atoms with Gasteiger partial charge < -0.3 is 15.7 Å². The molecule has 1 fully saturated rings. The van der Waals surface area contributed by atoms with Gasteiger partial charge in [0.05, 0.1) is 5.03 Å². The van der Waals surface area contributed by atoms with Gasteiger partial charge in [0, 0.05) is 17.7 Å². The van der Waals surface area contributed by atoms with Gasteiger partial charge in [-0.25, -0.2) is 9.59 Å². The predicted octanol–water partition coefficient (Wildman–Crippen LogP) is 3.10. The van der Waals surface area contributed by atoms with Crippen molar-refractivity contribution in [2.75, 3.05) is 11.5 Å². The summed E-state index contributed by atoms with van der Waals surface area (Å²) in [5.41, 5.74) is 1.34. The van der Waals surface area contributed by atoms with Crippen molar-refractivity contribution < 1.29 is 19.5 Å². The molecule has 1 aromatic carbocycles. The van der Waals surface area contributed by atoms with Crippen molar-refractivity contribution in [3.05, 3.63) is 58.4 Å². The van der Waals surface area contributed by atoms with Crippen LogP contribution in [0.1, 0.15) is 10.6 Å². The van der Waals surface area contributed by atoms with E-state index in [0.717, 1.165) is 14.9 Å². The molecule has 2 aromatic rings. The number of nitrogens with zero attached hydrogens (tertiary/aromatic N) is 3. The Morgan fingerprint density at radius 2 is 2.09 bits per heavy atom. The number of β-lactam (4-membered cyclic amide) rings is 1. The number of thioether (sulfide) groups is 2. The average Bonchev–Trinajstić information content (AvgIpc) is 3.24. The van der Waals surface area contributed by atoms with Crippen molar-refractivity contribution in [2.24, 2.45) is 0 Å². The number of halogens is 1. The lowest BCUT2D eigenvalue weighted by atomic mass is 10.0. The van der Waals surface area contributed by atoms with Crippen LogP contribution in [-0.4, -0.2) is 61.0 Å². The summed E-state index contributed by atoms with van der Waals surface area (Å²) >= 11 is 10.4. The molecule has 2 aliphatic heterocycles. The number of fused-ring (bicyclic) bond motifs is 1. The fourth-order valence-electron chi connectivity index (χ4n) is 3.27. The van der Waals surface area contributed by atoms with Gasteiger partial charge in [-0.3, -0.25) is 9.69 Å². The number of nitrogens with one attached hydrogen (secondary N) is 2. The van der Waals surface area contributed by atoms with Crippen LogP contribution in [0.2, 0.25) is 0 Å². The van der Waals surface area contributed by atoms with Gasteiger partial charge in [-0.15, -0.1) is 22.0 Å². The van der Waals surface area contributed by atoms with Crippen molar-refractivity contribution in [1.29, 1.82) is 0 Å². The highest BCUT2D eigenvalue weighted by Crippen LogP contribution is 2.41. The minimum Gasteiger partial charge on any atom is -0.477 e. The maximum atomic E-state index is 12.7. The Morgan fingerprint density at radius 1 is 1.33 bits per heavy atom. The van der Waals surface area contributed by atoms with Crippen LogP contribution in [0, 0.1) is 6.92 Å². The molecule has 9 nitrogen and oxygen atoms in total. The molecule has 3 heterocycles. The summed E-state index contributed by atoms with van der Waals surface area (Å²) < 4.78 is 0.741. The molecule has 0 saturated carbocycles. The number of rotatable bonds is 7. The number of aliphatic carboxylic acids is 1. The van der Waals surface area contributed by atoms with Crippen molar-refractivity contribution in [2.45, 2.75) is 22.7 Å². The SMILES string of the molecule is Cc1nnc(SCC2=C(C(=O)O)N3C(=O)C(NC(=O)NC=C(Cl)c4ccccc4)[C@@H]3SC2)s1. The molecule has 3 N–H and O–H groups in total. The number of benzene rings is 1. The summed E-state index contributed by atoms with van der Waals surface area (Å²) in [5, 5.41) is 23.5. The van der Waals surface area contributed by atoms with Gasteiger partial charge >= 0.3 is 12.0 Å². The standard InChI is InChI=1S/C20H18ClN5O4S3/c1-10-24-25-20(33-10)32-9-12-8-31-17-14(16(27)26(17)15(12)18(28)29)23-19(30)22-7-13(21)11-5-3-2-4-6-11/h2-7,14,17H,8-9H2,1H3,(H,28,29)(H2,22,23,30)/t14?,17-/m0/s1. The fraction of sp³-hybridized carbons (Fsp3) is 0.250. The summed E-state index contributed by atoms with van der Waals surface area (Å²) in [6.45, 7) is 1.85. The van der Waals surface area contributed by atoms with Gasteiger partial charge in [-0.2, -0.15) is 0 Å². The molecular formula is C20H18ClN5O4S3. The number of urea groups is 1. The summed E-state index contributed by atoms with van der Waals surface area (Å²) in [4.78, 5) is 38.2. The van der Waals surface area contributed by atoms with E-state index in [1.165, 1.54) is 46.0 Å². The molecule has 2 atom stereocenters. The molecule has 2 aliphatic rings. The highest BCUT2D eigenvalue weighted by Gasteiger charge is 2.54. The summed E-state index contributed by atoms with van der Waals surface area (Å²) in [6, 6.07) is 7.67. The van der Waals surface area contributed by atoms with Crippen LogP contribution in [0.4, 0.5) is 4.79 Å². The van der Waals surface area contributed by atoms with Gasteiger partial charge in [0.25, 0.3) is 5.91 Å². The number of aromatic nitrogens is 2. The Hall–Kier alpha value is -2.54. The minimum absolute atomic E-state index is 0.0250. The molecule has 33 heavy (non-hydrogen) atoms. The summed E-state index contributed by atoms with van der Waals surface area (Å²) in [7, 11) is 0. The Balaban J connectivity index is 1.39. The topological polar surface area (TPSA) is 125 Å². The zero-order valence-electron chi connectivity index (χ0n) is 17.1. The first-order valence-electron chi connectivity index (χ1n) is 9.66. The van der Waals surface area contributed by atoms with E-state index in [4.69, 9.17) is 11.6 Å². The minimum atomic E-state index is -1.17. The third-order valence-electron chi connectivity index (χ3n) is 4.79. The third kappa shape index (κ3) is 5.18. The smallest absolute Gasteiger partial charge is 0.352 e. The van der Waals surface area contributed by atoms with Gasteiger partial charge in [0.15, 0.2) is 4.34 Å². The molecule has 4 rings (SSSR count). The van der Waals surface area contributed by atoms with Gasteiger partial charge in [-0.05, 0) is 18.1 Å². The van der Waals surface area contributed by atoms with Gasteiger partial charge in [-0.1, -0.05) is 65.0 Å². The number of amides is 3. The van der Waals surface area contributed by atoms with Crippen molar-refractivity contribution in [3.63, 3.8) is 0 Å². The number of carboxylic acid groups (broad SMARTS) is 1. The quantitative estimate of drug-likeness (QED) is 0.373.